The van der Waals surface area contributed by atoms with Crippen LogP contribution < -0.4 is 5.73 Å². The van der Waals surface area contributed by atoms with Crippen LogP contribution in [0, 0.1) is 0 Å². The molecular weight excluding hydrogens is 240 g/mol. The molecule has 1 aliphatic rings. The number of hydrogen-bond acceptors (Lipinski definition) is 1. The van der Waals surface area contributed by atoms with Gasteiger partial charge in [0, 0.05) is 6.04 Å². The van der Waals surface area contributed by atoms with E-state index in [0.29, 0.717) is 22.0 Å². The molecule has 0 unspecified atom stereocenters. The number of halogens is 3. The van der Waals surface area contributed by atoms with Crippen LogP contribution in [0.2, 0.25) is 10.0 Å². The second kappa shape index (κ2) is 4.71. The minimum Gasteiger partial charge on any atom is -0.328 e. The van der Waals surface area contributed by atoms with Crippen molar-refractivity contribution >= 4 is 35.6 Å². The Morgan fingerprint density at radius 3 is 2.29 bits per heavy atom. The Kier molecular flexibility index (Phi) is 4.08. The smallest absolute Gasteiger partial charge is 0.0595 e. The van der Waals surface area contributed by atoms with Crippen molar-refractivity contribution in [2.24, 2.45) is 5.73 Å². The van der Waals surface area contributed by atoms with Gasteiger partial charge in [0.1, 0.15) is 0 Å². The average molecular weight is 253 g/mol. The fourth-order valence-corrected chi connectivity index (χ4v) is 2.01. The summed E-state index contributed by atoms with van der Waals surface area (Å²) < 4.78 is 0. The molecule has 0 amide bonds. The number of hydrogen-bond donors (Lipinski definition) is 1. The molecule has 0 heterocycles. The summed E-state index contributed by atoms with van der Waals surface area (Å²) in [5, 5.41) is 1.26. The fraction of sp³-hybridized carbons (Fsp3) is 0.400. The molecule has 0 saturated heterocycles. The van der Waals surface area contributed by atoms with Gasteiger partial charge in [0.2, 0.25) is 0 Å². The van der Waals surface area contributed by atoms with Crippen LogP contribution in [0.15, 0.2) is 18.2 Å². The van der Waals surface area contributed by atoms with Gasteiger partial charge in [-0.15, -0.1) is 12.4 Å². The van der Waals surface area contributed by atoms with E-state index in [1.54, 1.807) is 0 Å². The molecule has 0 aromatic heterocycles. The largest absolute Gasteiger partial charge is 0.328 e. The van der Waals surface area contributed by atoms with Crippen LogP contribution in [-0.4, -0.2) is 6.04 Å². The first kappa shape index (κ1) is 12.1. The lowest BCUT2D eigenvalue weighted by molar-refractivity contribution is 0.351. The first-order valence-corrected chi connectivity index (χ1v) is 5.13. The van der Waals surface area contributed by atoms with E-state index in [4.69, 9.17) is 28.9 Å². The lowest BCUT2D eigenvalue weighted by Gasteiger charge is -2.32. The molecule has 2 rings (SSSR count). The van der Waals surface area contributed by atoms with E-state index in [2.05, 4.69) is 0 Å². The van der Waals surface area contributed by atoms with E-state index in [-0.39, 0.29) is 12.4 Å². The zero-order valence-electron chi connectivity index (χ0n) is 7.54. The third kappa shape index (κ3) is 2.34. The summed E-state index contributed by atoms with van der Waals surface area (Å²) in [5.74, 6) is 0.588. The normalized spacial score (nSPS) is 25.1. The van der Waals surface area contributed by atoms with Crippen molar-refractivity contribution in [1.29, 1.82) is 0 Å². The molecule has 1 aromatic rings. The average Bonchev–Trinajstić information content (AvgIpc) is 2.05. The maximum atomic E-state index is 5.91. The number of nitrogens with two attached hydrogens (primary N) is 1. The van der Waals surface area contributed by atoms with Gasteiger partial charge in [-0.3, -0.25) is 0 Å². The van der Waals surface area contributed by atoms with Gasteiger partial charge < -0.3 is 5.73 Å². The van der Waals surface area contributed by atoms with Crippen LogP contribution in [0.5, 0.6) is 0 Å². The van der Waals surface area contributed by atoms with Crippen molar-refractivity contribution in [3.63, 3.8) is 0 Å². The van der Waals surface area contributed by atoms with E-state index in [1.165, 1.54) is 5.56 Å². The number of rotatable bonds is 1. The van der Waals surface area contributed by atoms with Gasteiger partial charge in [-0.05, 0) is 36.5 Å². The summed E-state index contributed by atoms with van der Waals surface area (Å²) in [4.78, 5) is 0. The zero-order chi connectivity index (χ0) is 9.42. The first-order valence-electron chi connectivity index (χ1n) is 4.37. The van der Waals surface area contributed by atoms with Crippen molar-refractivity contribution in [1.82, 2.24) is 0 Å². The highest BCUT2D eigenvalue weighted by Crippen LogP contribution is 2.37. The second-order valence-electron chi connectivity index (χ2n) is 3.60. The van der Waals surface area contributed by atoms with E-state index >= 15 is 0 Å². The standard InChI is InChI=1S/C10H11Cl2N.ClH/c11-9-2-1-6(5-10(9)12)7-3-8(13)4-7;/h1-2,5,7-8H,3-4,13H2;1H. The molecule has 4 heteroatoms. The summed E-state index contributed by atoms with van der Waals surface area (Å²) in [6.45, 7) is 0. The van der Waals surface area contributed by atoms with E-state index in [0.717, 1.165) is 12.8 Å². The molecule has 0 radical (unpaired) electrons. The molecular formula is C10H12Cl3N. The Hall–Kier alpha value is 0.0500. The Morgan fingerprint density at radius 1 is 1.14 bits per heavy atom. The predicted octanol–water partition coefficient (Wildman–Crippen LogP) is 3.62. The lowest BCUT2D eigenvalue weighted by Crippen LogP contribution is -2.34. The molecule has 0 aliphatic heterocycles. The van der Waals surface area contributed by atoms with Crippen LogP contribution in [0.1, 0.15) is 24.3 Å². The molecule has 1 saturated carbocycles. The van der Waals surface area contributed by atoms with Crippen molar-refractivity contribution in [3.8, 4) is 0 Å². The quantitative estimate of drug-likeness (QED) is 0.812. The first-order chi connectivity index (χ1) is 6.16. The highest BCUT2D eigenvalue weighted by Gasteiger charge is 2.27. The van der Waals surface area contributed by atoms with Gasteiger partial charge in [0.05, 0.1) is 10.0 Å². The molecule has 1 fully saturated rings. The van der Waals surface area contributed by atoms with E-state index in [1.807, 2.05) is 18.2 Å². The van der Waals surface area contributed by atoms with Crippen LogP contribution in [0.25, 0.3) is 0 Å². The van der Waals surface area contributed by atoms with Gasteiger partial charge in [0.25, 0.3) is 0 Å². The zero-order valence-corrected chi connectivity index (χ0v) is 9.87. The minimum atomic E-state index is 0. The van der Waals surface area contributed by atoms with E-state index < -0.39 is 0 Å². The van der Waals surface area contributed by atoms with E-state index in [9.17, 15) is 0 Å². The third-order valence-corrected chi connectivity index (χ3v) is 3.33. The summed E-state index contributed by atoms with van der Waals surface area (Å²) in [6.07, 6.45) is 2.13. The van der Waals surface area contributed by atoms with Gasteiger partial charge in [0.15, 0.2) is 0 Å². The molecule has 14 heavy (non-hydrogen) atoms. The van der Waals surface area contributed by atoms with Crippen molar-refractivity contribution in [2.45, 2.75) is 24.8 Å². The summed E-state index contributed by atoms with van der Waals surface area (Å²) in [6, 6.07) is 6.20. The maximum Gasteiger partial charge on any atom is 0.0595 e. The van der Waals surface area contributed by atoms with Gasteiger partial charge >= 0.3 is 0 Å². The maximum absolute atomic E-state index is 5.91. The van der Waals surface area contributed by atoms with Crippen LogP contribution in [-0.2, 0) is 0 Å². The molecule has 2 N–H and O–H groups in total. The molecule has 0 atom stereocenters. The lowest BCUT2D eigenvalue weighted by atomic mass is 9.76. The van der Waals surface area contributed by atoms with Gasteiger partial charge in [-0.2, -0.15) is 0 Å². The van der Waals surface area contributed by atoms with Crippen LogP contribution in [0.3, 0.4) is 0 Å². The second-order valence-corrected chi connectivity index (χ2v) is 4.42. The topological polar surface area (TPSA) is 26.0 Å². The Balaban J connectivity index is 0.000000980. The van der Waals surface area contributed by atoms with Crippen molar-refractivity contribution in [2.75, 3.05) is 0 Å². The molecule has 1 aromatic carbocycles. The molecule has 0 spiro atoms. The van der Waals surface area contributed by atoms with Crippen LogP contribution in [0.4, 0.5) is 0 Å². The fourth-order valence-electron chi connectivity index (χ4n) is 1.70. The van der Waals surface area contributed by atoms with Crippen molar-refractivity contribution in [3.05, 3.63) is 33.8 Å². The molecule has 78 valence electrons. The molecule has 0 bridgehead atoms. The van der Waals surface area contributed by atoms with Gasteiger partial charge in [-0.1, -0.05) is 29.3 Å². The third-order valence-electron chi connectivity index (χ3n) is 2.59. The summed E-state index contributed by atoms with van der Waals surface area (Å²) >= 11 is 11.7. The Labute approximate surface area is 100.0 Å². The predicted molar refractivity (Wildman–Crippen MR) is 63.7 cm³/mol. The number of benzene rings is 1. The minimum absolute atomic E-state index is 0. The Bertz CT molecular complexity index is 321. The highest BCUT2D eigenvalue weighted by atomic mass is 35.5. The summed E-state index contributed by atoms with van der Waals surface area (Å²) in [7, 11) is 0. The molecule has 1 nitrogen and oxygen atoms in total. The molecule has 1 aliphatic carbocycles. The highest BCUT2D eigenvalue weighted by molar-refractivity contribution is 6.42. The van der Waals surface area contributed by atoms with Gasteiger partial charge in [-0.25, -0.2) is 0 Å². The van der Waals surface area contributed by atoms with Crippen molar-refractivity contribution < 1.29 is 0 Å². The monoisotopic (exact) mass is 251 g/mol. The van der Waals surface area contributed by atoms with Crippen LogP contribution >= 0.6 is 35.6 Å². The summed E-state index contributed by atoms with van der Waals surface area (Å²) in [5.41, 5.74) is 6.98. The Morgan fingerprint density at radius 2 is 1.79 bits per heavy atom. The SMILES string of the molecule is Cl.NC1CC(c2ccc(Cl)c(Cl)c2)C1.